The topological polar surface area (TPSA) is 107 Å². The van der Waals surface area contributed by atoms with E-state index in [1.807, 2.05) is 42.5 Å². The molecule has 0 atom stereocenters. The van der Waals surface area contributed by atoms with Gasteiger partial charge >= 0.3 is 6.03 Å². The normalized spacial score (nSPS) is 14.0. The van der Waals surface area contributed by atoms with Gasteiger partial charge in [-0.25, -0.2) is 14.8 Å². The molecular weight excluding hydrogens is 418 g/mol. The van der Waals surface area contributed by atoms with Crippen LogP contribution in [0.4, 0.5) is 16.4 Å². The lowest BCUT2D eigenvalue weighted by atomic mass is 9.97. The van der Waals surface area contributed by atoms with Crippen molar-refractivity contribution in [1.29, 1.82) is 0 Å². The van der Waals surface area contributed by atoms with Crippen molar-refractivity contribution in [3.63, 3.8) is 0 Å². The van der Waals surface area contributed by atoms with Crippen molar-refractivity contribution in [2.45, 2.75) is 12.8 Å². The Bertz CT molecular complexity index is 1060. The molecule has 1 aliphatic heterocycles. The Morgan fingerprint density at radius 2 is 1.58 bits per heavy atom. The summed E-state index contributed by atoms with van der Waals surface area (Å²) in [7, 11) is 0. The number of benzene rings is 2. The van der Waals surface area contributed by atoms with Gasteiger partial charge in [-0.15, -0.1) is 0 Å². The van der Waals surface area contributed by atoms with Crippen LogP contribution in [0.5, 0.6) is 0 Å². The van der Waals surface area contributed by atoms with Crippen LogP contribution >= 0.6 is 0 Å². The number of hydrogen-bond donors (Lipinski definition) is 3. The number of carbonyl (C=O) groups excluding carboxylic acids is 2. The molecule has 8 nitrogen and oxygen atoms in total. The highest BCUT2D eigenvalue weighted by molar-refractivity contribution is 5.96. The number of amides is 2. The number of ketones is 1. The summed E-state index contributed by atoms with van der Waals surface area (Å²) in [5.41, 5.74) is 3.30. The minimum atomic E-state index is -0.548. The Morgan fingerprint density at radius 1 is 0.939 bits per heavy atom. The van der Waals surface area contributed by atoms with E-state index in [1.165, 1.54) is 12.4 Å². The van der Waals surface area contributed by atoms with Crippen molar-refractivity contribution < 1.29 is 14.7 Å². The zero-order valence-electron chi connectivity index (χ0n) is 18.3. The molecule has 2 aromatic carbocycles. The van der Waals surface area contributed by atoms with Crippen LogP contribution in [0.2, 0.25) is 0 Å². The molecule has 0 radical (unpaired) electrons. The Morgan fingerprint density at radius 3 is 2.21 bits per heavy atom. The van der Waals surface area contributed by atoms with Gasteiger partial charge < -0.3 is 20.6 Å². The summed E-state index contributed by atoms with van der Waals surface area (Å²) in [4.78, 5) is 34.3. The van der Waals surface area contributed by atoms with E-state index in [0.717, 1.165) is 42.7 Å². The van der Waals surface area contributed by atoms with Gasteiger partial charge in [0.25, 0.3) is 0 Å². The summed E-state index contributed by atoms with van der Waals surface area (Å²) in [6.07, 6.45) is 4.72. The van der Waals surface area contributed by atoms with E-state index < -0.39 is 12.4 Å². The number of anilines is 2. The van der Waals surface area contributed by atoms with Gasteiger partial charge in [0.2, 0.25) is 5.95 Å². The Kier molecular flexibility index (Phi) is 7.26. The number of piperidine rings is 1. The van der Waals surface area contributed by atoms with Crippen LogP contribution in [0.1, 0.15) is 23.2 Å². The van der Waals surface area contributed by atoms with Crippen molar-refractivity contribution >= 4 is 23.5 Å². The summed E-state index contributed by atoms with van der Waals surface area (Å²) < 4.78 is 0. The van der Waals surface area contributed by atoms with Crippen LogP contribution in [0, 0.1) is 5.92 Å². The average molecular weight is 446 g/mol. The fourth-order valence-corrected chi connectivity index (χ4v) is 3.85. The van der Waals surface area contributed by atoms with Crippen LogP contribution < -0.4 is 15.5 Å². The molecule has 33 heavy (non-hydrogen) atoms. The molecule has 0 unspecified atom stereocenters. The highest BCUT2D eigenvalue weighted by atomic mass is 16.3. The average Bonchev–Trinajstić information content (AvgIpc) is 2.88. The summed E-state index contributed by atoms with van der Waals surface area (Å²) >= 11 is 0. The van der Waals surface area contributed by atoms with Gasteiger partial charge in [-0.05, 0) is 42.0 Å². The number of carbonyl (C=O) groups is 2. The van der Waals surface area contributed by atoms with Gasteiger partial charge in [-0.1, -0.05) is 42.5 Å². The number of hydrogen-bond acceptors (Lipinski definition) is 6. The third kappa shape index (κ3) is 5.93. The van der Waals surface area contributed by atoms with Crippen LogP contribution in [-0.4, -0.2) is 53.1 Å². The van der Waals surface area contributed by atoms with E-state index in [2.05, 4.69) is 37.6 Å². The van der Waals surface area contributed by atoms with Gasteiger partial charge in [-0.2, -0.15) is 0 Å². The molecule has 170 valence electrons. The van der Waals surface area contributed by atoms with Crippen molar-refractivity contribution in [3.8, 4) is 11.1 Å². The molecule has 1 fully saturated rings. The number of aliphatic hydroxyl groups is 1. The first kappa shape index (κ1) is 22.4. The van der Waals surface area contributed by atoms with E-state index >= 15 is 0 Å². The smallest absolute Gasteiger partial charge is 0.319 e. The maximum absolute atomic E-state index is 12.3. The number of nitrogens with zero attached hydrogens (tertiary/aromatic N) is 3. The van der Waals surface area contributed by atoms with Crippen molar-refractivity contribution in [3.05, 3.63) is 72.6 Å². The lowest BCUT2D eigenvalue weighted by molar-refractivity contribution is 0.0903. The van der Waals surface area contributed by atoms with E-state index in [9.17, 15) is 9.59 Å². The molecule has 0 saturated carbocycles. The largest absolute Gasteiger partial charge is 0.388 e. The molecule has 8 heteroatoms. The molecule has 1 saturated heterocycles. The van der Waals surface area contributed by atoms with Crippen molar-refractivity contribution in [1.82, 2.24) is 15.3 Å². The highest BCUT2D eigenvalue weighted by Gasteiger charge is 2.21. The number of aliphatic hydroxyl groups excluding tert-OH is 1. The second-order valence-electron chi connectivity index (χ2n) is 8.06. The summed E-state index contributed by atoms with van der Waals surface area (Å²) in [5, 5.41) is 14.8. The predicted molar refractivity (Wildman–Crippen MR) is 127 cm³/mol. The van der Waals surface area contributed by atoms with Gasteiger partial charge in [0.05, 0.1) is 5.56 Å². The van der Waals surface area contributed by atoms with Gasteiger partial charge in [-0.3, -0.25) is 4.79 Å². The van der Waals surface area contributed by atoms with Crippen molar-refractivity contribution in [2.75, 3.05) is 36.5 Å². The fourth-order valence-electron chi connectivity index (χ4n) is 3.85. The highest BCUT2D eigenvalue weighted by Crippen LogP contribution is 2.22. The molecule has 2 amide bonds. The summed E-state index contributed by atoms with van der Waals surface area (Å²) in [5.74, 6) is 0.562. The lowest BCUT2D eigenvalue weighted by Gasteiger charge is -2.32. The van der Waals surface area contributed by atoms with E-state index in [-0.39, 0.29) is 6.03 Å². The fraction of sp³-hybridized carbons (Fsp3) is 0.280. The zero-order chi connectivity index (χ0) is 23.0. The Hall–Kier alpha value is -3.78. The third-order valence-electron chi connectivity index (χ3n) is 5.80. The number of urea groups is 1. The maximum atomic E-state index is 12.3. The van der Waals surface area contributed by atoms with Crippen molar-refractivity contribution in [2.24, 2.45) is 5.92 Å². The number of nitrogens with one attached hydrogen (secondary N) is 2. The molecule has 0 bridgehead atoms. The SMILES string of the molecule is O=C(NCC1CCN(c2ncc(C(=O)CO)cn2)CC1)Nc1ccc(-c2ccccc2)cc1. The molecule has 1 aliphatic rings. The van der Waals surface area contributed by atoms with Crippen LogP contribution in [0.15, 0.2) is 67.0 Å². The lowest BCUT2D eigenvalue weighted by Crippen LogP contribution is -2.40. The third-order valence-corrected chi connectivity index (χ3v) is 5.80. The second-order valence-corrected chi connectivity index (χ2v) is 8.06. The quantitative estimate of drug-likeness (QED) is 0.482. The first-order chi connectivity index (χ1) is 16.1. The molecule has 0 spiro atoms. The minimum absolute atomic E-state index is 0.211. The molecule has 1 aromatic heterocycles. The maximum Gasteiger partial charge on any atom is 0.319 e. The van der Waals surface area contributed by atoms with E-state index in [4.69, 9.17) is 5.11 Å². The molecule has 4 rings (SSSR count). The summed E-state index contributed by atoms with van der Waals surface area (Å²) in [6.45, 7) is 1.62. The number of Topliss-reactive ketones (excluding diaryl/α,β-unsaturated/α-hetero) is 1. The standard InChI is InChI=1S/C25H27N5O3/c31-17-23(32)21-15-26-24(27-16-21)30-12-10-18(11-13-30)14-28-25(33)29-22-8-6-20(7-9-22)19-4-2-1-3-5-19/h1-9,15-16,18,31H,10-14,17H2,(H2,28,29,33). The summed E-state index contributed by atoms with van der Waals surface area (Å²) in [6, 6.07) is 17.7. The van der Waals surface area contributed by atoms with Crippen LogP contribution in [0.3, 0.4) is 0 Å². The first-order valence-electron chi connectivity index (χ1n) is 11.0. The first-order valence-corrected chi connectivity index (χ1v) is 11.0. The monoisotopic (exact) mass is 445 g/mol. The number of aromatic nitrogens is 2. The van der Waals surface area contributed by atoms with Gasteiger partial charge in [0.15, 0.2) is 5.78 Å². The second kappa shape index (κ2) is 10.7. The number of rotatable bonds is 7. The van der Waals surface area contributed by atoms with E-state index in [0.29, 0.717) is 24.0 Å². The predicted octanol–water partition coefficient (Wildman–Crippen LogP) is 3.36. The Balaban J connectivity index is 1.20. The minimum Gasteiger partial charge on any atom is -0.388 e. The molecule has 2 heterocycles. The van der Waals surface area contributed by atoms with Gasteiger partial charge in [0, 0.05) is 37.7 Å². The molecular formula is C25H27N5O3. The molecule has 3 aromatic rings. The molecule has 3 N–H and O–H groups in total. The van der Waals surface area contributed by atoms with Crippen LogP contribution in [0.25, 0.3) is 11.1 Å². The van der Waals surface area contributed by atoms with Gasteiger partial charge in [0.1, 0.15) is 6.61 Å². The Labute approximate surface area is 192 Å². The van der Waals surface area contributed by atoms with Crippen LogP contribution in [-0.2, 0) is 0 Å². The van der Waals surface area contributed by atoms with E-state index in [1.54, 1.807) is 0 Å². The zero-order valence-corrected chi connectivity index (χ0v) is 18.3. The molecule has 0 aliphatic carbocycles.